The molecule has 1 aromatic heterocycles. The number of piperidine rings is 1. The third kappa shape index (κ3) is 2.78. The van der Waals surface area contributed by atoms with Crippen LogP contribution in [-0.2, 0) is 0 Å². The van der Waals surface area contributed by atoms with Crippen molar-refractivity contribution in [1.29, 1.82) is 0 Å². The first-order valence-corrected chi connectivity index (χ1v) is 6.70. The van der Waals surface area contributed by atoms with Crippen molar-refractivity contribution in [2.75, 3.05) is 18.0 Å². The van der Waals surface area contributed by atoms with Crippen molar-refractivity contribution in [2.45, 2.75) is 45.6 Å². The Balaban J connectivity index is 2.17. The van der Waals surface area contributed by atoms with Crippen LogP contribution in [-0.4, -0.2) is 18.1 Å². The molecule has 0 bridgehead atoms. The van der Waals surface area contributed by atoms with Crippen LogP contribution in [0.5, 0.6) is 0 Å². The van der Waals surface area contributed by atoms with Crippen molar-refractivity contribution >= 4 is 5.82 Å². The van der Waals surface area contributed by atoms with Crippen molar-refractivity contribution in [3.05, 3.63) is 23.4 Å². The Kier molecular flexibility index (Phi) is 4.00. The Morgan fingerprint density at radius 3 is 2.59 bits per heavy atom. The highest BCUT2D eigenvalue weighted by atomic mass is 15.2. The number of aromatic nitrogens is 1. The van der Waals surface area contributed by atoms with Gasteiger partial charge in [0.2, 0.25) is 0 Å². The van der Waals surface area contributed by atoms with E-state index in [1.54, 1.807) is 0 Å². The maximum Gasteiger partial charge on any atom is 0.128 e. The van der Waals surface area contributed by atoms with E-state index in [0.29, 0.717) is 0 Å². The molecule has 1 fully saturated rings. The fraction of sp³-hybridized carbons (Fsp3) is 0.643. The Morgan fingerprint density at radius 2 is 2.00 bits per heavy atom. The Labute approximate surface area is 104 Å². The first-order valence-electron chi connectivity index (χ1n) is 6.70. The highest BCUT2D eigenvalue weighted by Gasteiger charge is 2.14. The molecule has 94 valence electrons. The van der Waals surface area contributed by atoms with Crippen molar-refractivity contribution in [3.63, 3.8) is 0 Å². The predicted molar refractivity (Wildman–Crippen MR) is 72.3 cm³/mol. The molecule has 2 N–H and O–H groups in total. The molecular weight excluding hydrogens is 210 g/mol. The van der Waals surface area contributed by atoms with Gasteiger partial charge in [0, 0.05) is 24.8 Å². The lowest BCUT2D eigenvalue weighted by molar-refractivity contribution is 0.572. The molecule has 2 rings (SSSR count). The number of hydrogen-bond acceptors (Lipinski definition) is 3. The first-order chi connectivity index (χ1) is 8.22. The zero-order chi connectivity index (χ0) is 12.3. The van der Waals surface area contributed by atoms with Crippen LogP contribution < -0.4 is 10.6 Å². The quantitative estimate of drug-likeness (QED) is 0.873. The molecule has 1 aliphatic rings. The predicted octanol–water partition coefficient (Wildman–Crippen LogP) is 2.79. The molecule has 0 spiro atoms. The van der Waals surface area contributed by atoms with Gasteiger partial charge in [-0.3, -0.25) is 0 Å². The summed E-state index contributed by atoms with van der Waals surface area (Å²) in [6.45, 7) is 6.47. The monoisotopic (exact) mass is 233 g/mol. The van der Waals surface area contributed by atoms with Gasteiger partial charge in [-0.25, -0.2) is 4.98 Å². The van der Waals surface area contributed by atoms with Crippen LogP contribution in [0.2, 0.25) is 0 Å². The van der Waals surface area contributed by atoms with E-state index in [9.17, 15) is 0 Å². The van der Waals surface area contributed by atoms with Gasteiger partial charge in [-0.05, 0) is 44.2 Å². The van der Waals surface area contributed by atoms with Crippen LogP contribution in [0.25, 0.3) is 0 Å². The number of hydrogen-bond donors (Lipinski definition) is 1. The van der Waals surface area contributed by atoms with Gasteiger partial charge in [0.05, 0.1) is 0 Å². The standard InChI is InChI=1S/C14H23N3/c1-3-13(15)12-7-8-14(16-11(12)2)17-9-5-4-6-10-17/h7-8,13H,3-6,9-10,15H2,1-2H3. The summed E-state index contributed by atoms with van der Waals surface area (Å²) in [6, 6.07) is 4.40. The minimum atomic E-state index is 0.123. The van der Waals surface area contributed by atoms with Gasteiger partial charge < -0.3 is 10.6 Å². The van der Waals surface area contributed by atoms with Gasteiger partial charge in [0.15, 0.2) is 0 Å². The molecule has 0 aliphatic carbocycles. The third-order valence-electron chi connectivity index (χ3n) is 3.63. The third-order valence-corrected chi connectivity index (χ3v) is 3.63. The Bertz CT molecular complexity index is 370. The van der Waals surface area contributed by atoms with Gasteiger partial charge in [-0.2, -0.15) is 0 Å². The summed E-state index contributed by atoms with van der Waals surface area (Å²) in [5, 5.41) is 0. The van der Waals surface area contributed by atoms with E-state index in [4.69, 9.17) is 10.7 Å². The molecule has 0 aromatic carbocycles. The lowest BCUT2D eigenvalue weighted by atomic mass is 10.0. The maximum absolute atomic E-state index is 6.07. The van der Waals surface area contributed by atoms with Crippen LogP contribution in [0.4, 0.5) is 5.82 Å². The molecule has 2 heterocycles. The summed E-state index contributed by atoms with van der Waals surface area (Å²) in [7, 11) is 0. The highest BCUT2D eigenvalue weighted by Crippen LogP contribution is 2.22. The highest BCUT2D eigenvalue weighted by molar-refractivity contribution is 5.42. The lowest BCUT2D eigenvalue weighted by Gasteiger charge is -2.28. The van der Waals surface area contributed by atoms with Gasteiger partial charge in [-0.1, -0.05) is 13.0 Å². The molecule has 17 heavy (non-hydrogen) atoms. The largest absolute Gasteiger partial charge is 0.357 e. The summed E-state index contributed by atoms with van der Waals surface area (Å²) >= 11 is 0. The molecule has 1 unspecified atom stereocenters. The summed E-state index contributed by atoms with van der Waals surface area (Å²) in [6.07, 6.45) is 4.90. The second-order valence-electron chi connectivity index (χ2n) is 4.91. The van der Waals surface area contributed by atoms with Crippen LogP contribution >= 0.6 is 0 Å². The average Bonchev–Trinajstić information content (AvgIpc) is 2.39. The number of pyridine rings is 1. The van der Waals surface area contributed by atoms with E-state index in [2.05, 4.69) is 30.9 Å². The van der Waals surface area contributed by atoms with E-state index in [-0.39, 0.29) is 6.04 Å². The Hall–Kier alpha value is -1.09. The minimum absolute atomic E-state index is 0.123. The van der Waals surface area contributed by atoms with Crippen LogP contribution in [0.1, 0.15) is 49.9 Å². The SMILES string of the molecule is CCC(N)c1ccc(N2CCCCC2)nc1C. The van der Waals surface area contributed by atoms with Crippen LogP contribution in [0, 0.1) is 6.92 Å². The molecule has 3 heteroatoms. The molecule has 1 saturated heterocycles. The molecule has 0 saturated carbocycles. The van der Waals surface area contributed by atoms with E-state index in [1.165, 1.54) is 24.8 Å². The smallest absolute Gasteiger partial charge is 0.128 e. The van der Waals surface area contributed by atoms with Gasteiger partial charge in [0.1, 0.15) is 5.82 Å². The van der Waals surface area contributed by atoms with E-state index >= 15 is 0 Å². The number of rotatable bonds is 3. The summed E-state index contributed by atoms with van der Waals surface area (Å²) in [5.74, 6) is 1.12. The fourth-order valence-corrected chi connectivity index (χ4v) is 2.47. The summed E-state index contributed by atoms with van der Waals surface area (Å²) in [4.78, 5) is 7.10. The molecule has 1 aromatic rings. The normalized spacial score (nSPS) is 18.2. The van der Waals surface area contributed by atoms with Crippen molar-refractivity contribution in [3.8, 4) is 0 Å². The van der Waals surface area contributed by atoms with Crippen molar-refractivity contribution < 1.29 is 0 Å². The van der Waals surface area contributed by atoms with Crippen LogP contribution in [0.3, 0.4) is 0 Å². The number of nitrogens with two attached hydrogens (primary N) is 1. The molecule has 1 atom stereocenters. The summed E-state index contributed by atoms with van der Waals surface area (Å²) < 4.78 is 0. The zero-order valence-electron chi connectivity index (χ0n) is 10.9. The second-order valence-corrected chi connectivity index (χ2v) is 4.91. The molecular formula is C14H23N3. The van der Waals surface area contributed by atoms with Crippen molar-refractivity contribution in [2.24, 2.45) is 5.73 Å². The second kappa shape index (κ2) is 5.50. The molecule has 0 radical (unpaired) electrons. The van der Waals surface area contributed by atoms with E-state index < -0.39 is 0 Å². The number of nitrogens with zero attached hydrogens (tertiary/aromatic N) is 2. The van der Waals surface area contributed by atoms with E-state index in [1.807, 2.05) is 0 Å². The Morgan fingerprint density at radius 1 is 1.29 bits per heavy atom. The maximum atomic E-state index is 6.07. The topological polar surface area (TPSA) is 42.1 Å². The molecule has 0 amide bonds. The molecule has 3 nitrogen and oxygen atoms in total. The average molecular weight is 233 g/mol. The lowest BCUT2D eigenvalue weighted by Crippen LogP contribution is -2.30. The molecule has 1 aliphatic heterocycles. The number of aryl methyl sites for hydroxylation is 1. The number of anilines is 1. The zero-order valence-corrected chi connectivity index (χ0v) is 10.9. The summed E-state index contributed by atoms with van der Waals surface area (Å²) in [5.41, 5.74) is 8.34. The van der Waals surface area contributed by atoms with Gasteiger partial charge >= 0.3 is 0 Å². The first kappa shape index (κ1) is 12.4. The van der Waals surface area contributed by atoms with E-state index in [0.717, 1.165) is 31.0 Å². The van der Waals surface area contributed by atoms with Gasteiger partial charge in [-0.15, -0.1) is 0 Å². The van der Waals surface area contributed by atoms with Gasteiger partial charge in [0.25, 0.3) is 0 Å². The fourth-order valence-electron chi connectivity index (χ4n) is 2.47. The minimum Gasteiger partial charge on any atom is -0.357 e. The van der Waals surface area contributed by atoms with Crippen molar-refractivity contribution in [1.82, 2.24) is 4.98 Å². The van der Waals surface area contributed by atoms with Crippen LogP contribution in [0.15, 0.2) is 12.1 Å².